The maximum absolute atomic E-state index is 13.0. The van der Waals surface area contributed by atoms with Crippen molar-refractivity contribution < 1.29 is 9.13 Å². The van der Waals surface area contributed by atoms with Crippen LogP contribution in [0.3, 0.4) is 0 Å². The predicted molar refractivity (Wildman–Crippen MR) is 71.1 cm³/mol. The number of benzene rings is 2. The van der Waals surface area contributed by atoms with Crippen molar-refractivity contribution in [1.82, 2.24) is 0 Å². The molecule has 0 saturated heterocycles. The van der Waals surface area contributed by atoms with Gasteiger partial charge in [0.05, 0.1) is 5.69 Å². The van der Waals surface area contributed by atoms with Crippen LogP contribution in [0.15, 0.2) is 36.4 Å². The normalized spacial score (nSPS) is 10.4. The van der Waals surface area contributed by atoms with Crippen LogP contribution in [0.1, 0.15) is 16.7 Å². The molecule has 3 heteroatoms. The fourth-order valence-corrected chi connectivity index (χ4v) is 1.84. The van der Waals surface area contributed by atoms with Crippen LogP contribution in [0.5, 0.6) is 5.75 Å². The van der Waals surface area contributed by atoms with Crippen LogP contribution in [0.2, 0.25) is 0 Å². The van der Waals surface area contributed by atoms with Gasteiger partial charge in [0, 0.05) is 0 Å². The Kier molecular flexibility index (Phi) is 3.51. The molecule has 0 bridgehead atoms. The summed E-state index contributed by atoms with van der Waals surface area (Å²) in [5.74, 6) is 0.466. The SMILES string of the molecule is Cc1cc(F)ccc1COc1c(C)cccc1N. The molecule has 0 aliphatic carbocycles. The molecule has 2 N–H and O–H groups in total. The van der Waals surface area contributed by atoms with Gasteiger partial charge in [-0.25, -0.2) is 4.39 Å². The van der Waals surface area contributed by atoms with E-state index in [1.54, 1.807) is 12.1 Å². The fourth-order valence-electron chi connectivity index (χ4n) is 1.84. The van der Waals surface area contributed by atoms with Gasteiger partial charge in [0.15, 0.2) is 0 Å². The molecule has 0 unspecified atom stereocenters. The summed E-state index contributed by atoms with van der Waals surface area (Å²) in [6.45, 7) is 4.20. The van der Waals surface area contributed by atoms with Crippen LogP contribution in [-0.2, 0) is 6.61 Å². The smallest absolute Gasteiger partial charge is 0.145 e. The van der Waals surface area contributed by atoms with Crippen LogP contribution >= 0.6 is 0 Å². The number of nitrogens with two attached hydrogens (primary N) is 1. The van der Waals surface area contributed by atoms with E-state index in [9.17, 15) is 4.39 Å². The number of para-hydroxylation sites is 1. The van der Waals surface area contributed by atoms with Crippen molar-refractivity contribution >= 4 is 5.69 Å². The van der Waals surface area contributed by atoms with E-state index in [4.69, 9.17) is 10.5 Å². The topological polar surface area (TPSA) is 35.2 Å². The van der Waals surface area contributed by atoms with Gasteiger partial charge in [-0.1, -0.05) is 18.2 Å². The monoisotopic (exact) mass is 245 g/mol. The molecule has 0 heterocycles. The van der Waals surface area contributed by atoms with Gasteiger partial charge in [-0.05, 0) is 48.7 Å². The molecule has 0 aliphatic heterocycles. The first-order valence-corrected chi connectivity index (χ1v) is 5.81. The number of rotatable bonds is 3. The number of hydrogen-bond donors (Lipinski definition) is 1. The summed E-state index contributed by atoms with van der Waals surface area (Å²) in [5, 5.41) is 0. The van der Waals surface area contributed by atoms with Gasteiger partial charge >= 0.3 is 0 Å². The van der Waals surface area contributed by atoms with E-state index in [1.807, 2.05) is 26.0 Å². The number of nitrogen functional groups attached to an aromatic ring is 1. The Hall–Kier alpha value is -2.03. The van der Waals surface area contributed by atoms with E-state index in [-0.39, 0.29) is 5.82 Å². The molecule has 18 heavy (non-hydrogen) atoms. The van der Waals surface area contributed by atoms with Crippen molar-refractivity contribution in [3.05, 3.63) is 58.9 Å². The van der Waals surface area contributed by atoms with Crippen LogP contribution in [0, 0.1) is 19.7 Å². The zero-order chi connectivity index (χ0) is 13.1. The van der Waals surface area contributed by atoms with Crippen LogP contribution < -0.4 is 10.5 Å². The molecular weight excluding hydrogens is 229 g/mol. The van der Waals surface area contributed by atoms with Crippen molar-refractivity contribution in [2.24, 2.45) is 0 Å². The lowest BCUT2D eigenvalue weighted by Gasteiger charge is -2.12. The van der Waals surface area contributed by atoms with Crippen molar-refractivity contribution in [2.45, 2.75) is 20.5 Å². The lowest BCUT2D eigenvalue weighted by atomic mass is 10.1. The zero-order valence-electron chi connectivity index (χ0n) is 10.5. The summed E-state index contributed by atoms with van der Waals surface area (Å²) in [7, 11) is 0. The Morgan fingerprint density at radius 2 is 1.89 bits per heavy atom. The Morgan fingerprint density at radius 1 is 1.11 bits per heavy atom. The molecular formula is C15H16FNO. The van der Waals surface area contributed by atoms with Gasteiger partial charge in [0.25, 0.3) is 0 Å². The first-order valence-electron chi connectivity index (χ1n) is 5.81. The molecule has 0 amide bonds. The molecule has 2 aromatic rings. The third-order valence-electron chi connectivity index (χ3n) is 2.92. The minimum absolute atomic E-state index is 0.230. The average Bonchev–Trinajstić information content (AvgIpc) is 2.31. The Bertz CT molecular complexity index is 546. The summed E-state index contributed by atoms with van der Waals surface area (Å²) in [5.41, 5.74) is 9.31. The van der Waals surface area contributed by atoms with Crippen molar-refractivity contribution in [3.63, 3.8) is 0 Å². The van der Waals surface area contributed by atoms with Gasteiger partial charge in [0.2, 0.25) is 0 Å². The summed E-state index contributed by atoms with van der Waals surface area (Å²) in [6.07, 6.45) is 0. The second-order valence-electron chi connectivity index (χ2n) is 4.35. The first-order chi connectivity index (χ1) is 8.58. The van der Waals surface area contributed by atoms with Gasteiger partial charge in [0.1, 0.15) is 18.2 Å². The van der Waals surface area contributed by atoms with Gasteiger partial charge in [-0.15, -0.1) is 0 Å². The molecule has 0 aromatic heterocycles. The largest absolute Gasteiger partial charge is 0.486 e. The van der Waals surface area contributed by atoms with Crippen molar-refractivity contribution in [3.8, 4) is 5.75 Å². The standard InChI is InChI=1S/C15H16FNO/c1-10-4-3-5-14(17)15(10)18-9-12-6-7-13(16)8-11(12)2/h3-8H,9,17H2,1-2H3. The van der Waals surface area contributed by atoms with Crippen LogP contribution in [0.25, 0.3) is 0 Å². The Balaban J connectivity index is 2.16. The van der Waals surface area contributed by atoms with Crippen molar-refractivity contribution in [1.29, 1.82) is 0 Å². The number of anilines is 1. The Morgan fingerprint density at radius 3 is 2.56 bits per heavy atom. The Labute approximate surface area is 106 Å². The molecule has 2 rings (SSSR count). The highest BCUT2D eigenvalue weighted by Gasteiger charge is 2.06. The van der Waals surface area contributed by atoms with Gasteiger partial charge in [-0.3, -0.25) is 0 Å². The van der Waals surface area contributed by atoms with E-state index in [1.165, 1.54) is 12.1 Å². The number of halogens is 1. The molecule has 2 nitrogen and oxygen atoms in total. The highest BCUT2D eigenvalue weighted by atomic mass is 19.1. The van der Waals surface area contributed by atoms with E-state index in [0.717, 1.165) is 16.7 Å². The maximum atomic E-state index is 13.0. The average molecular weight is 245 g/mol. The molecule has 2 aromatic carbocycles. The molecule has 0 spiro atoms. The van der Waals surface area contributed by atoms with Crippen LogP contribution in [-0.4, -0.2) is 0 Å². The first kappa shape index (κ1) is 12.4. The van der Waals surface area contributed by atoms with E-state index >= 15 is 0 Å². The van der Waals surface area contributed by atoms with Gasteiger partial charge < -0.3 is 10.5 Å². The minimum Gasteiger partial charge on any atom is -0.486 e. The molecule has 0 radical (unpaired) electrons. The van der Waals surface area contributed by atoms with Gasteiger partial charge in [-0.2, -0.15) is 0 Å². The lowest BCUT2D eigenvalue weighted by molar-refractivity contribution is 0.305. The second-order valence-corrected chi connectivity index (χ2v) is 4.35. The molecule has 0 saturated carbocycles. The summed E-state index contributed by atoms with van der Waals surface area (Å²) in [6, 6.07) is 10.3. The highest BCUT2D eigenvalue weighted by molar-refractivity contribution is 5.56. The van der Waals surface area contributed by atoms with Crippen molar-refractivity contribution in [2.75, 3.05) is 5.73 Å². The highest BCUT2D eigenvalue weighted by Crippen LogP contribution is 2.26. The minimum atomic E-state index is -0.230. The quantitative estimate of drug-likeness (QED) is 0.838. The molecule has 94 valence electrons. The summed E-state index contributed by atoms with van der Waals surface area (Å²) < 4.78 is 18.7. The fraction of sp³-hybridized carbons (Fsp3) is 0.200. The summed E-state index contributed by atoms with van der Waals surface area (Å²) in [4.78, 5) is 0. The van der Waals surface area contributed by atoms with Crippen LogP contribution in [0.4, 0.5) is 10.1 Å². The maximum Gasteiger partial charge on any atom is 0.145 e. The lowest BCUT2D eigenvalue weighted by Crippen LogP contribution is -2.02. The number of ether oxygens (including phenoxy) is 1. The second kappa shape index (κ2) is 5.08. The molecule has 0 atom stereocenters. The third-order valence-corrected chi connectivity index (χ3v) is 2.92. The predicted octanol–water partition coefficient (Wildman–Crippen LogP) is 3.60. The number of aryl methyl sites for hydroxylation is 2. The van der Waals surface area contributed by atoms with E-state index < -0.39 is 0 Å². The molecule has 0 aliphatic rings. The zero-order valence-corrected chi connectivity index (χ0v) is 10.5. The molecule has 0 fully saturated rings. The van der Waals surface area contributed by atoms with E-state index in [0.29, 0.717) is 18.0 Å². The van der Waals surface area contributed by atoms with E-state index in [2.05, 4.69) is 0 Å². The summed E-state index contributed by atoms with van der Waals surface area (Å²) >= 11 is 0. The third kappa shape index (κ3) is 2.62. The number of hydrogen-bond acceptors (Lipinski definition) is 2.